The summed E-state index contributed by atoms with van der Waals surface area (Å²) in [4.78, 5) is 25.6. The summed E-state index contributed by atoms with van der Waals surface area (Å²) >= 11 is 0. The predicted octanol–water partition coefficient (Wildman–Crippen LogP) is 1.09. The van der Waals surface area contributed by atoms with Crippen LogP contribution in [0.1, 0.15) is 10.4 Å². The lowest BCUT2D eigenvalue weighted by Gasteiger charge is -2.10. The van der Waals surface area contributed by atoms with Gasteiger partial charge in [-0.1, -0.05) is 30.3 Å². The van der Waals surface area contributed by atoms with Crippen LogP contribution >= 0.6 is 0 Å². The number of ether oxygens (including phenoxy) is 8. The van der Waals surface area contributed by atoms with Crippen molar-refractivity contribution in [2.24, 2.45) is 0 Å². The lowest BCUT2D eigenvalue weighted by Crippen LogP contribution is -2.20. The summed E-state index contributed by atoms with van der Waals surface area (Å²) in [6, 6.07) is 8.27. The molecular weight excluding hydrogens is 486 g/mol. The molecule has 0 unspecified atom stereocenters. The van der Waals surface area contributed by atoms with Gasteiger partial charge in [-0.3, -0.25) is 4.79 Å². The molecule has 0 N–H and O–H groups in total. The van der Waals surface area contributed by atoms with Crippen LogP contribution in [-0.2, 0) is 42.7 Å². The zero-order chi connectivity index (χ0) is 26.8. The van der Waals surface area contributed by atoms with Crippen molar-refractivity contribution in [3.63, 3.8) is 0 Å². The van der Waals surface area contributed by atoms with Gasteiger partial charge in [0, 0.05) is 12.1 Å². The molecule has 0 radical (unpaired) electrons. The molecule has 11 heteroatoms. The van der Waals surface area contributed by atoms with E-state index in [9.17, 15) is 9.59 Å². The van der Waals surface area contributed by atoms with Crippen LogP contribution in [0, 0.1) is 0 Å². The maximum Gasteiger partial charge on any atom is 0.379 e. The number of Topliss-reactive ketones (excluding diaryl/α,β-unsaturated/α-hetero) is 1. The monoisotopic (exact) mass is 529 g/mol. The Morgan fingerprint density at radius 3 is 1.27 bits per heavy atom. The van der Waals surface area contributed by atoms with Crippen molar-refractivity contribution in [2.75, 3.05) is 120 Å². The third-order valence-electron chi connectivity index (χ3n) is 4.60. The molecule has 0 saturated heterocycles. The molecular formula is C26H43NO10. The van der Waals surface area contributed by atoms with E-state index in [1.165, 1.54) is 0 Å². The van der Waals surface area contributed by atoms with Gasteiger partial charge in [-0.15, -0.1) is 0 Å². The van der Waals surface area contributed by atoms with Gasteiger partial charge in [0.05, 0.1) is 92.5 Å². The van der Waals surface area contributed by atoms with Gasteiger partial charge in [-0.05, 0) is 14.1 Å². The SMILES string of the molecule is CN(C)CCOCCOCCOCCOCCOCCOCCOCCOC(=O)C(=O)c1ccccc1. The minimum Gasteiger partial charge on any atom is -0.457 e. The van der Waals surface area contributed by atoms with E-state index >= 15 is 0 Å². The molecule has 0 bridgehead atoms. The Morgan fingerprint density at radius 2 is 0.892 bits per heavy atom. The van der Waals surface area contributed by atoms with Crippen molar-refractivity contribution < 1.29 is 47.5 Å². The third kappa shape index (κ3) is 20.7. The van der Waals surface area contributed by atoms with Gasteiger partial charge < -0.3 is 42.8 Å². The zero-order valence-electron chi connectivity index (χ0n) is 22.2. The zero-order valence-corrected chi connectivity index (χ0v) is 22.2. The first-order valence-electron chi connectivity index (χ1n) is 12.6. The van der Waals surface area contributed by atoms with E-state index in [1.54, 1.807) is 30.3 Å². The number of hydrogen-bond donors (Lipinski definition) is 0. The van der Waals surface area contributed by atoms with Crippen molar-refractivity contribution in [3.8, 4) is 0 Å². The molecule has 0 fully saturated rings. The van der Waals surface area contributed by atoms with E-state index in [0.29, 0.717) is 91.5 Å². The van der Waals surface area contributed by atoms with Crippen molar-refractivity contribution in [1.82, 2.24) is 4.90 Å². The Morgan fingerprint density at radius 1 is 0.541 bits per heavy atom. The summed E-state index contributed by atoms with van der Waals surface area (Å²) in [5.41, 5.74) is 0.301. The van der Waals surface area contributed by atoms with Crippen LogP contribution in [0.4, 0.5) is 0 Å². The third-order valence-corrected chi connectivity index (χ3v) is 4.60. The molecule has 0 aromatic heterocycles. The minimum atomic E-state index is -0.891. The highest BCUT2D eigenvalue weighted by Crippen LogP contribution is 2.01. The number of ketones is 1. The highest BCUT2D eigenvalue weighted by atomic mass is 16.6. The van der Waals surface area contributed by atoms with E-state index in [2.05, 4.69) is 4.90 Å². The lowest BCUT2D eigenvalue weighted by atomic mass is 10.1. The molecule has 1 aromatic rings. The quantitative estimate of drug-likeness (QED) is 0.0744. The fraction of sp³-hybridized carbons (Fsp3) is 0.692. The van der Waals surface area contributed by atoms with E-state index in [-0.39, 0.29) is 13.2 Å². The topological polar surface area (TPSA) is 111 Å². The summed E-state index contributed by atoms with van der Waals surface area (Å²) in [5, 5.41) is 0. The second-order valence-electron chi connectivity index (χ2n) is 7.92. The Hall–Kier alpha value is -1.96. The van der Waals surface area contributed by atoms with E-state index in [0.717, 1.165) is 6.54 Å². The van der Waals surface area contributed by atoms with Crippen molar-refractivity contribution in [2.45, 2.75) is 0 Å². The van der Waals surface area contributed by atoms with E-state index in [4.69, 9.17) is 37.9 Å². The van der Waals surface area contributed by atoms with Crippen molar-refractivity contribution >= 4 is 11.8 Å². The number of esters is 1. The second kappa shape index (κ2) is 24.4. The number of likely N-dealkylation sites (N-methyl/N-ethyl adjacent to an activating group) is 1. The Balaban J connectivity index is 1.72. The normalized spacial score (nSPS) is 11.2. The minimum absolute atomic E-state index is 0.00623. The fourth-order valence-electron chi connectivity index (χ4n) is 2.63. The van der Waals surface area contributed by atoms with Crippen LogP contribution in [-0.4, -0.2) is 136 Å². The summed E-state index contributed by atoms with van der Waals surface area (Å²) in [6.45, 7) is 7.63. The molecule has 0 amide bonds. The van der Waals surface area contributed by atoms with Gasteiger partial charge in [-0.25, -0.2) is 4.79 Å². The van der Waals surface area contributed by atoms with Gasteiger partial charge in [0.15, 0.2) is 0 Å². The molecule has 0 aliphatic rings. The Labute approximate surface area is 220 Å². The van der Waals surface area contributed by atoms with Crippen LogP contribution in [0.5, 0.6) is 0 Å². The summed E-state index contributed by atoms with van der Waals surface area (Å²) in [7, 11) is 4.02. The van der Waals surface area contributed by atoms with E-state index < -0.39 is 11.8 Å². The van der Waals surface area contributed by atoms with Crippen molar-refractivity contribution in [3.05, 3.63) is 35.9 Å². The molecule has 11 nitrogen and oxygen atoms in total. The molecule has 0 heterocycles. The molecule has 1 aromatic carbocycles. The average molecular weight is 530 g/mol. The van der Waals surface area contributed by atoms with Gasteiger partial charge in [0.1, 0.15) is 6.61 Å². The maximum absolute atomic E-state index is 11.8. The van der Waals surface area contributed by atoms with Crippen LogP contribution in [0.25, 0.3) is 0 Å². The standard InChI is InChI=1S/C26H43NO10/c1-27(2)8-9-30-10-11-31-12-13-32-14-15-33-16-17-34-18-19-35-20-21-36-22-23-37-26(29)25(28)24-6-4-3-5-7-24/h3-7H,8-23H2,1-2H3. The Bertz CT molecular complexity index is 675. The van der Waals surface area contributed by atoms with Gasteiger partial charge in [-0.2, -0.15) is 0 Å². The first-order chi connectivity index (χ1) is 18.1. The molecule has 0 saturated carbocycles. The van der Waals surface area contributed by atoms with Crippen LogP contribution < -0.4 is 0 Å². The van der Waals surface area contributed by atoms with E-state index in [1.807, 2.05) is 14.1 Å². The lowest BCUT2D eigenvalue weighted by molar-refractivity contribution is -0.139. The van der Waals surface area contributed by atoms with Gasteiger partial charge >= 0.3 is 5.97 Å². The summed E-state index contributed by atoms with van der Waals surface area (Å²) < 4.78 is 42.7. The second-order valence-corrected chi connectivity index (χ2v) is 7.92. The molecule has 37 heavy (non-hydrogen) atoms. The van der Waals surface area contributed by atoms with Gasteiger partial charge in [0.25, 0.3) is 5.78 Å². The number of hydrogen-bond acceptors (Lipinski definition) is 11. The number of rotatable bonds is 26. The molecule has 0 aliphatic carbocycles. The molecule has 0 spiro atoms. The highest BCUT2D eigenvalue weighted by Gasteiger charge is 2.17. The first-order valence-corrected chi connectivity index (χ1v) is 12.6. The fourth-order valence-corrected chi connectivity index (χ4v) is 2.63. The van der Waals surface area contributed by atoms with Gasteiger partial charge in [0.2, 0.25) is 0 Å². The smallest absolute Gasteiger partial charge is 0.379 e. The summed E-state index contributed by atoms with van der Waals surface area (Å²) in [5.74, 6) is -1.56. The van der Waals surface area contributed by atoms with Crippen molar-refractivity contribution in [1.29, 1.82) is 0 Å². The molecule has 0 atom stereocenters. The van der Waals surface area contributed by atoms with Crippen LogP contribution in [0.2, 0.25) is 0 Å². The van der Waals surface area contributed by atoms with Crippen LogP contribution in [0.15, 0.2) is 30.3 Å². The Kier molecular flexibility index (Phi) is 21.8. The first kappa shape index (κ1) is 33.1. The number of nitrogens with zero attached hydrogens (tertiary/aromatic N) is 1. The molecule has 0 aliphatic heterocycles. The maximum atomic E-state index is 11.8. The number of benzene rings is 1. The molecule has 212 valence electrons. The highest BCUT2D eigenvalue weighted by molar-refractivity contribution is 6.40. The predicted molar refractivity (Wildman–Crippen MR) is 136 cm³/mol. The largest absolute Gasteiger partial charge is 0.457 e. The number of carbonyl (C=O) groups is 2. The average Bonchev–Trinajstić information content (AvgIpc) is 2.90. The number of carbonyl (C=O) groups excluding carboxylic acids is 2. The van der Waals surface area contributed by atoms with Crippen LogP contribution in [0.3, 0.4) is 0 Å². The molecule has 1 rings (SSSR count). The summed E-state index contributed by atoms with van der Waals surface area (Å²) in [6.07, 6.45) is 0.